The van der Waals surface area contributed by atoms with Crippen LogP contribution < -0.4 is 10.4 Å². The van der Waals surface area contributed by atoms with Gasteiger partial charge in [-0.15, -0.1) is 11.3 Å². The molecule has 0 aliphatic rings. The van der Waals surface area contributed by atoms with Gasteiger partial charge in [-0.2, -0.15) is 5.26 Å². The summed E-state index contributed by atoms with van der Waals surface area (Å²) in [6.07, 6.45) is 1.48. The number of nitriles is 1. The molecule has 6 heteroatoms. The Balaban J connectivity index is 2.90. The van der Waals surface area contributed by atoms with Gasteiger partial charge in [0.15, 0.2) is 0 Å². The topological polar surface area (TPSA) is 93.0 Å². The molecule has 0 radical (unpaired) electrons. The van der Waals surface area contributed by atoms with Gasteiger partial charge in [-0.1, -0.05) is 0 Å². The number of rotatable bonds is 3. The van der Waals surface area contributed by atoms with Gasteiger partial charge in [0.1, 0.15) is 11.1 Å². The Hall–Kier alpha value is -2.13. The first-order valence-electron chi connectivity index (χ1n) is 4.65. The molecule has 1 rings (SSSR count). The zero-order chi connectivity index (χ0) is 13.0. The van der Waals surface area contributed by atoms with E-state index in [9.17, 15) is 14.7 Å². The van der Waals surface area contributed by atoms with Crippen LogP contribution in [0.5, 0.6) is 0 Å². The standard InChI is InChI=1S/C11H10N2O3S/c1-6-7(2)17-11(8(6)5-12)13-9(14)3-4-10(15)16/h3-4H,1-2H3,(H,13,14)(H,15,16)/p-1. The van der Waals surface area contributed by atoms with Crippen LogP contribution >= 0.6 is 11.3 Å². The number of nitrogens with one attached hydrogen (secondary N) is 1. The van der Waals surface area contributed by atoms with Crippen molar-refractivity contribution in [1.29, 1.82) is 5.26 Å². The molecule has 5 nitrogen and oxygen atoms in total. The monoisotopic (exact) mass is 249 g/mol. The van der Waals surface area contributed by atoms with E-state index in [4.69, 9.17) is 5.26 Å². The molecular weight excluding hydrogens is 240 g/mol. The first-order valence-corrected chi connectivity index (χ1v) is 5.47. The van der Waals surface area contributed by atoms with Crippen molar-refractivity contribution in [1.82, 2.24) is 0 Å². The lowest BCUT2D eigenvalue weighted by molar-refractivity contribution is -0.297. The van der Waals surface area contributed by atoms with E-state index >= 15 is 0 Å². The van der Waals surface area contributed by atoms with Crippen LogP contribution in [-0.4, -0.2) is 11.9 Å². The largest absolute Gasteiger partial charge is 0.545 e. The molecule has 0 aromatic carbocycles. The van der Waals surface area contributed by atoms with Gasteiger partial charge in [-0.25, -0.2) is 0 Å². The maximum Gasteiger partial charge on any atom is 0.249 e. The van der Waals surface area contributed by atoms with E-state index in [-0.39, 0.29) is 0 Å². The van der Waals surface area contributed by atoms with Gasteiger partial charge >= 0.3 is 0 Å². The molecule has 0 atom stereocenters. The quantitative estimate of drug-likeness (QED) is 0.788. The van der Waals surface area contributed by atoms with Crippen LogP contribution in [0.2, 0.25) is 0 Å². The van der Waals surface area contributed by atoms with Crippen LogP contribution in [0, 0.1) is 25.2 Å². The van der Waals surface area contributed by atoms with E-state index in [0.29, 0.717) is 16.6 Å². The molecular formula is C11H9N2O3S-. The lowest BCUT2D eigenvalue weighted by Crippen LogP contribution is -2.20. The zero-order valence-electron chi connectivity index (χ0n) is 9.23. The minimum Gasteiger partial charge on any atom is -0.545 e. The number of anilines is 1. The zero-order valence-corrected chi connectivity index (χ0v) is 10.1. The number of nitrogens with zero attached hydrogens (tertiary/aromatic N) is 1. The van der Waals surface area contributed by atoms with Gasteiger partial charge in [-0.05, 0) is 25.5 Å². The molecule has 17 heavy (non-hydrogen) atoms. The smallest absolute Gasteiger partial charge is 0.249 e. The second-order valence-electron chi connectivity index (χ2n) is 3.24. The first kappa shape index (κ1) is 12.9. The minimum absolute atomic E-state index is 0.405. The molecule has 0 fully saturated rings. The molecule has 0 spiro atoms. The molecule has 1 amide bonds. The summed E-state index contributed by atoms with van der Waals surface area (Å²) in [5, 5.41) is 21.9. The Morgan fingerprint density at radius 2 is 2.06 bits per heavy atom. The molecule has 0 saturated carbocycles. The number of hydrogen-bond donors (Lipinski definition) is 1. The predicted octanol–water partition coefficient (Wildman–Crippen LogP) is 0.481. The molecule has 1 aromatic rings. The molecule has 1 heterocycles. The van der Waals surface area contributed by atoms with E-state index in [2.05, 4.69) is 5.32 Å². The van der Waals surface area contributed by atoms with Crippen LogP contribution in [0.3, 0.4) is 0 Å². The maximum absolute atomic E-state index is 11.3. The Morgan fingerprint density at radius 3 is 2.59 bits per heavy atom. The molecule has 88 valence electrons. The van der Waals surface area contributed by atoms with E-state index in [1.54, 1.807) is 6.92 Å². The average Bonchev–Trinajstić information content (AvgIpc) is 2.51. The van der Waals surface area contributed by atoms with Crippen LogP contribution in [0.4, 0.5) is 5.00 Å². The summed E-state index contributed by atoms with van der Waals surface area (Å²) in [5.74, 6) is -2.05. The SMILES string of the molecule is Cc1sc(NC(=O)C=CC(=O)[O-])c(C#N)c1C. The van der Waals surface area contributed by atoms with Crippen molar-refractivity contribution in [3.05, 3.63) is 28.2 Å². The van der Waals surface area contributed by atoms with Gasteiger partial charge in [0, 0.05) is 11.0 Å². The highest BCUT2D eigenvalue weighted by Gasteiger charge is 2.13. The second kappa shape index (κ2) is 5.27. The van der Waals surface area contributed by atoms with Crippen molar-refractivity contribution in [2.45, 2.75) is 13.8 Å². The number of carboxylic acids is 1. The highest BCUT2D eigenvalue weighted by atomic mass is 32.1. The van der Waals surface area contributed by atoms with Gasteiger partial charge in [0.2, 0.25) is 5.91 Å². The van der Waals surface area contributed by atoms with Crippen molar-refractivity contribution in [3.63, 3.8) is 0 Å². The lowest BCUT2D eigenvalue weighted by Gasteiger charge is -1.99. The Kier molecular flexibility index (Phi) is 4.01. The van der Waals surface area contributed by atoms with Crippen molar-refractivity contribution in [3.8, 4) is 6.07 Å². The van der Waals surface area contributed by atoms with Gasteiger partial charge in [-0.3, -0.25) is 4.79 Å². The molecule has 1 N–H and O–H groups in total. The van der Waals surface area contributed by atoms with E-state index in [1.165, 1.54) is 11.3 Å². The van der Waals surface area contributed by atoms with Crippen molar-refractivity contribution >= 4 is 28.2 Å². The van der Waals surface area contributed by atoms with Gasteiger partial charge < -0.3 is 15.2 Å². The predicted molar refractivity (Wildman–Crippen MR) is 61.3 cm³/mol. The van der Waals surface area contributed by atoms with Crippen molar-refractivity contribution < 1.29 is 14.7 Å². The van der Waals surface area contributed by atoms with Crippen molar-refractivity contribution in [2.24, 2.45) is 0 Å². The van der Waals surface area contributed by atoms with Gasteiger partial charge in [0.25, 0.3) is 0 Å². The van der Waals surface area contributed by atoms with Crippen LogP contribution in [0.15, 0.2) is 12.2 Å². The van der Waals surface area contributed by atoms with Crippen LogP contribution in [0.1, 0.15) is 16.0 Å². The number of carbonyl (C=O) groups excluding carboxylic acids is 2. The highest BCUT2D eigenvalue weighted by Crippen LogP contribution is 2.31. The highest BCUT2D eigenvalue weighted by molar-refractivity contribution is 7.16. The number of carbonyl (C=O) groups is 2. The number of amides is 1. The Bertz CT molecular complexity index is 538. The fourth-order valence-corrected chi connectivity index (χ4v) is 2.16. The van der Waals surface area contributed by atoms with Crippen LogP contribution in [0.25, 0.3) is 0 Å². The summed E-state index contributed by atoms with van der Waals surface area (Å²) >= 11 is 1.28. The summed E-state index contributed by atoms with van der Waals surface area (Å²) in [4.78, 5) is 22.4. The molecule has 0 bridgehead atoms. The molecule has 1 aromatic heterocycles. The molecule has 0 saturated heterocycles. The summed E-state index contributed by atoms with van der Waals surface area (Å²) in [6, 6.07) is 2.00. The van der Waals surface area contributed by atoms with Crippen LogP contribution in [-0.2, 0) is 9.59 Å². The molecule has 0 unspecified atom stereocenters. The van der Waals surface area contributed by atoms with E-state index < -0.39 is 11.9 Å². The number of hydrogen-bond acceptors (Lipinski definition) is 5. The second-order valence-corrected chi connectivity index (χ2v) is 4.47. The maximum atomic E-state index is 11.3. The number of aliphatic carboxylic acids is 1. The third kappa shape index (κ3) is 3.16. The number of thiophene rings is 1. The third-order valence-corrected chi connectivity index (χ3v) is 3.23. The number of carboxylic acid groups (broad SMARTS) is 1. The molecule has 0 aliphatic heterocycles. The fourth-order valence-electron chi connectivity index (χ4n) is 1.15. The lowest BCUT2D eigenvalue weighted by atomic mass is 10.2. The third-order valence-electron chi connectivity index (χ3n) is 2.10. The van der Waals surface area contributed by atoms with Crippen molar-refractivity contribution in [2.75, 3.05) is 5.32 Å². The summed E-state index contributed by atoms with van der Waals surface area (Å²) in [6.45, 7) is 3.63. The summed E-state index contributed by atoms with van der Waals surface area (Å²) in [7, 11) is 0. The Morgan fingerprint density at radius 1 is 1.41 bits per heavy atom. The van der Waals surface area contributed by atoms with E-state index in [0.717, 1.165) is 16.5 Å². The summed E-state index contributed by atoms with van der Waals surface area (Å²) in [5.41, 5.74) is 1.22. The first-order chi connectivity index (χ1) is 7.95. The van der Waals surface area contributed by atoms with Gasteiger partial charge in [0.05, 0.1) is 11.5 Å². The number of aryl methyl sites for hydroxylation is 1. The average molecular weight is 249 g/mol. The minimum atomic E-state index is -1.45. The van der Waals surface area contributed by atoms with E-state index in [1.807, 2.05) is 13.0 Å². The summed E-state index contributed by atoms with van der Waals surface area (Å²) < 4.78 is 0. The molecule has 0 aliphatic carbocycles. The fraction of sp³-hybridized carbons (Fsp3) is 0.182. The Labute approximate surface area is 102 Å². The normalized spacial score (nSPS) is 10.2.